The van der Waals surface area contributed by atoms with Crippen molar-refractivity contribution in [3.05, 3.63) is 101 Å². The standard InChI is InChI=1S/C19H18O3.C11H9NO2.C7H10O2.CH4/c1-12-14(3-2-4-18(12)20)9-13-5-6-16-11-17(19(21)22)8-7-15(16)10-13;12-10-4-3-7-5-9(11(13)14)2-1-8(7)6-10;1-5-6(8)3-2-4-7(5)9;/h5-8,10-11H,2-4,9H2,1H3,(H,21,22);1-6H,12H2,(H,13,14);5H,2-4H2,1H3;1H4. The van der Waals surface area contributed by atoms with Crippen molar-refractivity contribution in [1.29, 1.82) is 0 Å². The zero-order chi connectivity index (χ0) is 32.7. The van der Waals surface area contributed by atoms with Crippen molar-refractivity contribution >= 4 is 56.5 Å². The van der Waals surface area contributed by atoms with Crippen LogP contribution in [-0.2, 0) is 20.8 Å². The van der Waals surface area contributed by atoms with Gasteiger partial charge in [0.2, 0.25) is 0 Å². The lowest BCUT2D eigenvalue weighted by molar-refractivity contribution is -0.134. The molecule has 4 aromatic rings. The summed E-state index contributed by atoms with van der Waals surface area (Å²) in [6.45, 7) is 3.63. The Labute approximate surface area is 268 Å². The topological polar surface area (TPSA) is 152 Å². The van der Waals surface area contributed by atoms with Crippen LogP contribution in [-0.4, -0.2) is 39.5 Å². The quantitative estimate of drug-likeness (QED) is 0.153. The Kier molecular flexibility index (Phi) is 12.1. The van der Waals surface area contributed by atoms with E-state index in [4.69, 9.17) is 15.9 Å². The van der Waals surface area contributed by atoms with Crippen molar-refractivity contribution in [2.24, 2.45) is 5.92 Å². The van der Waals surface area contributed by atoms with Crippen molar-refractivity contribution in [3.63, 3.8) is 0 Å². The number of nitrogen functional groups attached to an aromatic ring is 1. The van der Waals surface area contributed by atoms with E-state index in [0.717, 1.165) is 52.8 Å². The van der Waals surface area contributed by atoms with Gasteiger partial charge in [0, 0.05) is 24.9 Å². The molecule has 0 aromatic heterocycles. The molecule has 4 N–H and O–H groups in total. The third-order valence-corrected chi connectivity index (χ3v) is 8.32. The highest BCUT2D eigenvalue weighted by Crippen LogP contribution is 2.27. The van der Waals surface area contributed by atoms with Crippen molar-refractivity contribution in [3.8, 4) is 0 Å². The lowest BCUT2D eigenvalue weighted by Gasteiger charge is -2.17. The van der Waals surface area contributed by atoms with E-state index in [1.807, 2.05) is 37.3 Å². The maximum absolute atomic E-state index is 11.8. The minimum absolute atomic E-state index is 0. The highest BCUT2D eigenvalue weighted by Gasteiger charge is 2.24. The number of nitrogens with two attached hydrogens (primary N) is 1. The average Bonchev–Trinajstić information content (AvgIpc) is 3.02. The molecule has 1 saturated carbocycles. The number of Topliss-reactive ketones (excluding diaryl/α,β-unsaturated/α-hetero) is 3. The molecule has 8 heteroatoms. The number of anilines is 1. The van der Waals surface area contributed by atoms with Crippen LogP contribution in [0.5, 0.6) is 0 Å². The minimum atomic E-state index is -0.913. The lowest BCUT2D eigenvalue weighted by atomic mass is 9.87. The summed E-state index contributed by atoms with van der Waals surface area (Å²) in [4.78, 5) is 55.1. The predicted octanol–water partition coefficient (Wildman–Crippen LogP) is 7.85. The fourth-order valence-electron chi connectivity index (χ4n) is 5.49. The molecule has 0 aliphatic heterocycles. The maximum Gasteiger partial charge on any atom is 0.335 e. The number of aromatic carboxylic acids is 2. The molecular weight excluding hydrogens is 582 g/mol. The zero-order valence-electron chi connectivity index (χ0n) is 25.5. The van der Waals surface area contributed by atoms with Crippen LogP contribution < -0.4 is 5.73 Å². The van der Waals surface area contributed by atoms with Crippen LogP contribution in [0.25, 0.3) is 21.5 Å². The number of rotatable bonds is 4. The van der Waals surface area contributed by atoms with E-state index in [1.165, 1.54) is 11.1 Å². The van der Waals surface area contributed by atoms with Gasteiger partial charge in [-0.3, -0.25) is 14.4 Å². The Hall–Kier alpha value is -5.11. The summed E-state index contributed by atoms with van der Waals surface area (Å²) in [6, 6.07) is 21.6. The summed E-state index contributed by atoms with van der Waals surface area (Å²) in [5.41, 5.74) is 10.2. The molecule has 1 fully saturated rings. The Morgan fingerprint density at radius 3 is 1.72 bits per heavy atom. The molecule has 0 atom stereocenters. The summed E-state index contributed by atoms with van der Waals surface area (Å²) in [7, 11) is 0. The Morgan fingerprint density at radius 1 is 0.696 bits per heavy atom. The van der Waals surface area contributed by atoms with E-state index >= 15 is 0 Å². The molecule has 6 rings (SSSR count). The van der Waals surface area contributed by atoms with Gasteiger partial charge in [-0.1, -0.05) is 49.4 Å². The normalized spacial score (nSPS) is 15.0. The second kappa shape index (κ2) is 15.8. The van der Waals surface area contributed by atoms with Gasteiger partial charge in [-0.2, -0.15) is 0 Å². The summed E-state index contributed by atoms with van der Waals surface area (Å²) < 4.78 is 0. The molecule has 0 spiro atoms. The fraction of sp³-hybridized carbons (Fsp3) is 0.289. The summed E-state index contributed by atoms with van der Waals surface area (Å²) in [5.74, 6) is -1.62. The highest BCUT2D eigenvalue weighted by atomic mass is 16.4. The molecule has 46 heavy (non-hydrogen) atoms. The number of carboxylic acids is 2. The SMILES string of the molecule is C.CC1=C(Cc2ccc3cc(C(=O)O)ccc3c2)CCCC1=O.CC1C(=O)CCCC1=O.Nc1ccc2cc(C(=O)O)ccc2c1. The summed E-state index contributed by atoms with van der Waals surface area (Å²) >= 11 is 0. The van der Waals surface area contributed by atoms with E-state index in [1.54, 1.807) is 43.3 Å². The third-order valence-electron chi connectivity index (χ3n) is 8.32. The molecule has 0 unspecified atom stereocenters. The van der Waals surface area contributed by atoms with Crippen LogP contribution in [0.3, 0.4) is 0 Å². The van der Waals surface area contributed by atoms with Crippen molar-refractivity contribution in [2.75, 3.05) is 5.73 Å². The Morgan fingerprint density at radius 2 is 1.17 bits per heavy atom. The molecule has 0 heterocycles. The molecule has 8 nitrogen and oxygen atoms in total. The van der Waals surface area contributed by atoms with Crippen LogP contribution in [0.1, 0.15) is 86.1 Å². The maximum atomic E-state index is 11.8. The molecule has 0 amide bonds. The fourth-order valence-corrected chi connectivity index (χ4v) is 5.49. The van der Waals surface area contributed by atoms with Crippen LogP contribution >= 0.6 is 0 Å². The molecule has 4 aromatic carbocycles. The monoisotopic (exact) mass is 623 g/mol. The first-order valence-electron chi connectivity index (χ1n) is 15.0. The van der Waals surface area contributed by atoms with E-state index in [2.05, 4.69) is 6.07 Å². The van der Waals surface area contributed by atoms with Gasteiger partial charge in [0.05, 0.1) is 17.0 Å². The lowest BCUT2D eigenvalue weighted by Crippen LogP contribution is -2.25. The molecule has 0 radical (unpaired) electrons. The largest absolute Gasteiger partial charge is 0.478 e. The van der Waals surface area contributed by atoms with Gasteiger partial charge in [0.1, 0.15) is 11.6 Å². The number of ketones is 3. The smallest absolute Gasteiger partial charge is 0.335 e. The highest BCUT2D eigenvalue weighted by molar-refractivity contribution is 6.04. The number of carbonyl (C=O) groups excluding carboxylic acids is 3. The Bertz CT molecular complexity index is 1820. The number of fused-ring (bicyclic) bond motifs is 2. The molecule has 0 saturated heterocycles. The number of carbonyl (C=O) groups is 5. The second-order valence-corrected chi connectivity index (χ2v) is 11.5. The van der Waals surface area contributed by atoms with E-state index < -0.39 is 11.9 Å². The van der Waals surface area contributed by atoms with Crippen LogP contribution in [0.2, 0.25) is 0 Å². The first kappa shape index (κ1) is 35.4. The second-order valence-electron chi connectivity index (χ2n) is 11.5. The van der Waals surface area contributed by atoms with Crippen molar-refractivity contribution < 1.29 is 34.2 Å². The van der Waals surface area contributed by atoms with Crippen molar-refractivity contribution in [1.82, 2.24) is 0 Å². The first-order valence-corrected chi connectivity index (χ1v) is 15.0. The zero-order valence-corrected chi connectivity index (χ0v) is 25.5. The molecular formula is C38H41NO7. The molecule has 2 aliphatic carbocycles. The van der Waals surface area contributed by atoms with Crippen LogP contribution in [0.15, 0.2) is 83.9 Å². The van der Waals surface area contributed by atoms with E-state index in [0.29, 0.717) is 36.1 Å². The number of hydrogen-bond acceptors (Lipinski definition) is 6. The molecule has 240 valence electrons. The van der Waals surface area contributed by atoms with E-state index in [-0.39, 0.29) is 30.7 Å². The number of hydrogen-bond donors (Lipinski definition) is 3. The van der Waals surface area contributed by atoms with Gasteiger partial charge in [-0.25, -0.2) is 9.59 Å². The van der Waals surface area contributed by atoms with Gasteiger partial charge in [0.25, 0.3) is 0 Å². The predicted molar refractivity (Wildman–Crippen MR) is 181 cm³/mol. The number of carboxylic acid groups (broad SMARTS) is 2. The first-order chi connectivity index (χ1) is 21.4. The summed E-state index contributed by atoms with van der Waals surface area (Å²) in [5, 5.41) is 21.6. The van der Waals surface area contributed by atoms with Gasteiger partial charge in [-0.05, 0) is 109 Å². The van der Waals surface area contributed by atoms with Crippen molar-refractivity contribution in [2.45, 2.75) is 66.2 Å². The van der Waals surface area contributed by atoms with Gasteiger partial charge in [-0.15, -0.1) is 0 Å². The van der Waals surface area contributed by atoms with Crippen LogP contribution in [0, 0.1) is 5.92 Å². The average molecular weight is 624 g/mol. The van der Waals surface area contributed by atoms with Gasteiger partial charge in [0.15, 0.2) is 5.78 Å². The molecule has 0 bridgehead atoms. The van der Waals surface area contributed by atoms with Gasteiger partial charge >= 0.3 is 11.9 Å². The Balaban J connectivity index is 0.000000205. The molecule has 2 aliphatic rings. The number of benzene rings is 4. The van der Waals surface area contributed by atoms with E-state index in [9.17, 15) is 24.0 Å². The minimum Gasteiger partial charge on any atom is -0.478 e. The summed E-state index contributed by atoms with van der Waals surface area (Å²) in [6.07, 6.45) is 5.38. The van der Waals surface area contributed by atoms with Gasteiger partial charge < -0.3 is 15.9 Å². The third kappa shape index (κ3) is 8.97. The number of allylic oxidation sites excluding steroid dienone is 2. The van der Waals surface area contributed by atoms with Crippen LogP contribution in [0.4, 0.5) is 5.69 Å².